The highest BCUT2D eigenvalue weighted by Gasteiger charge is 2.15. The third-order valence-corrected chi connectivity index (χ3v) is 1.68. The van der Waals surface area contributed by atoms with Crippen molar-refractivity contribution < 1.29 is 19.1 Å². The molecule has 0 amide bonds. The average Bonchev–Trinajstić information content (AvgIpc) is 2.51. The van der Waals surface area contributed by atoms with Gasteiger partial charge in [-0.2, -0.15) is 0 Å². The number of furan rings is 1. The molecule has 0 saturated carbocycles. The van der Waals surface area contributed by atoms with Crippen LogP contribution in [0.5, 0.6) is 0 Å². The van der Waals surface area contributed by atoms with Crippen LogP contribution in [-0.4, -0.2) is 18.2 Å². The monoisotopic (exact) mass is 184 g/mol. The molecule has 0 unspecified atom stereocenters. The molecule has 0 fully saturated rings. The predicted molar refractivity (Wildman–Crippen MR) is 45.0 cm³/mol. The van der Waals surface area contributed by atoms with Gasteiger partial charge in [0.05, 0.1) is 13.5 Å². The molecule has 0 saturated heterocycles. The van der Waals surface area contributed by atoms with Crippen molar-refractivity contribution in [2.24, 2.45) is 0 Å². The summed E-state index contributed by atoms with van der Waals surface area (Å²) in [5, 5.41) is 9.44. The normalized spacial score (nSPS) is 12.5. The van der Waals surface area contributed by atoms with E-state index in [4.69, 9.17) is 4.42 Å². The molecule has 13 heavy (non-hydrogen) atoms. The van der Waals surface area contributed by atoms with Gasteiger partial charge in [0.15, 0.2) is 0 Å². The first kappa shape index (κ1) is 9.80. The molecule has 0 spiro atoms. The second-order valence-corrected chi connectivity index (χ2v) is 2.74. The summed E-state index contributed by atoms with van der Waals surface area (Å²) in [6.45, 7) is 1.77. The summed E-state index contributed by atoms with van der Waals surface area (Å²) < 4.78 is 9.54. The van der Waals surface area contributed by atoms with Crippen molar-refractivity contribution in [3.63, 3.8) is 0 Å². The SMILES string of the molecule is COC(=O)C[C@@H](O)c1ccc(C)o1. The smallest absolute Gasteiger partial charge is 0.308 e. The molecule has 0 aliphatic carbocycles. The van der Waals surface area contributed by atoms with Crippen LogP contribution in [0.3, 0.4) is 0 Å². The Morgan fingerprint density at radius 1 is 1.69 bits per heavy atom. The maximum Gasteiger partial charge on any atom is 0.308 e. The third kappa shape index (κ3) is 2.59. The van der Waals surface area contributed by atoms with Crippen LogP contribution < -0.4 is 0 Å². The highest BCUT2D eigenvalue weighted by Crippen LogP contribution is 2.19. The Morgan fingerprint density at radius 3 is 2.85 bits per heavy atom. The van der Waals surface area contributed by atoms with Crippen LogP contribution in [0.15, 0.2) is 16.5 Å². The molecule has 1 aromatic rings. The molecule has 0 bridgehead atoms. The summed E-state index contributed by atoms with van der Waals surface area (Å²) in [6.07, 6.45) is -0.996. The summed E-state index contributed by atoms with van der Waals surface area (Å²) in [5.41, 5.74) is 0. The van der Waals surface area contributed by atoms with Crippen molar-refractivity contribution in [2.75, 3.05) is 7.11 Å². The van der Waals surface area contributed by atoms with E-state index in [2.05, 4.69) is 4.74 Å². The van der Waals surface area contributed by atoms with Gasteiger partial charge in [-0.25, -0.2) is 0 Å². The molecule has 4 nitrogen and oxygen atoms in total. The Hall–Kier alpha value is -1.29. The number of carbonyl (C=O) groups excluding carboxylic acids is 1. The zero-order valence-electron chi connectivity index (χ0n) is 7.61. The van der Waals surface area contributed by atoms with Crippen molar-refractivity contribution in [3.8, 4) is 0 Å². The Kier molecular flexibility index (Phi) is 3.08. The van der Waals surface area contributed by atoms with E-state index in [0.29, 0.717) is 11.5 Å². The van der Waals surface area contributed by atoms with Gasteiger partial charge in [0.1, 0.15) is 17.6 Å². The average molecular weight is 184 g/mol. The number of methoxy groups -OCH3 is 1. The fraction of sp³-hybridized carbons (Fsp3) is 0.444. The van der Waals surface area contributed by atoms with Gasteiger partial charge in [0.25, 0.3) is 0 Å². The molecule has 1 N–H and O–H groups in total. The van der Waals surface area contributed by atoms with Crippen LogP contribution >= 0.6 is 0 Å². The molecular weight excluding hydrogens is 172 g/mol. The minimum Gasteiger partial charge on any atom is -0.469 e. The van der Waals surface area contributed by atoms with Crippen molar-refractivity contribution in [1.82, 2.24) is 0 Å². The molecule has 4 heteroatoms. The van der Waals surface area contributed by atoms with Gasteiger partial charge in [0, 0.05) is 0 Å². The number of aliphatic hydroxyl groups excluding tert-OH is 1. The number of rotatable bonds is 3. The van der Waals surface area contributed by atoms with Crippen LogP contribution in [0, 0.1) is 6.92 Å². The number of esters is 1. The number of aryl methyl sites for hydroxylation is 1. The Balaban J connectivity index is 2.58. The molecule has 1 atom stereocenters. The number of hydrogen-bond donors (Lipinski definition) is 1. The number of hydrogen-bond acceptors (Lipinski definition) is 4. The van der Waals surface area contributed by atoms with E-state index in [1.165, 1.54) is 7.11 Å². The lowest BCUT2D eigenvalue weighted by atomic mass is 10.2. The van der Waals surface area contributed by atoms with Gasteiger partial charge in [-0.3, -0.25) is 4.79 Å². The molecule has 1 heterocycles. The molecule has 72 valence electrons. The summed E-state index contributed by atoms with van der Waals surface area (Å²) in [4.78, 5) is 10.8. The second kappa shape index (κ2) is 4.09. The number of aliphatic hydroxyl groups is 1. The largest absolute Gasteiger partial charge is 0.469 e. The maximum atomic E-state index is 10.8. The van der Waals surface area contributed by atoms with Gasteiger partial charge >= 0.3 is 5.97 Å². The van der Waals surface area contributed by atoms with E-state index in [1.54, 1.807) is 19.1 Å². The van der Waals surface area contributed by atoms with Crippen LogP contribution in [0.4, 0.5) is 0 Å². The van der Waals surface area contributed by atoms with Crippen LogP contribution in [0.1, 0.15) is 24.0 Å². The van der Waals surface area contributed by atoms with Crippen LogP contribution in [0.25, 0.3) is 0 Å². The van der Waals surface area contributed by atoms with Crippen LogP contribution in [-0.2, 0) is 9.53 Å². The van der Waals surface area contributed by atoms with E-state index in [1.807, 2.05) is 0 Å². The molecule has 1 aromatic heterocycles. The fourth-order valence-corrected chi connectivity index (χ4v) is 0.974. The second-order valence-electron chi connectivity index (χ2n) is 2.74. The predicted octanol–water partition coefficient (Wildman–Crippen LogP) is 1.18. The molecule has 0 aliphatic heterocycles. The Labute approximate surface area is 76.1 Å². The highest BCUT2D eigenvalue weighted by molar-refractivity contribution is 5.69. The van der Waals surface area contributed by atoms with E-state index in [-0.39, 0.29) is 6.42 Å². The zero-order valence-corrected chi connectivity index (χ0v) is 7.61. The number of carbonyl (C=O) groups is 1. The lowest BCUT2D eigenvalue weighted by molar-refractivity contribution is -0.143. The first-order valence-corrected chi connectivity index (χ1v) is 3.94. The quantitative estimate of drug-likeness (QED) is 0.716. The van der Waals surface area contributed by atoms with Crippen molar-refractivity contribution in [3.05, 3.63) is 23.7 Å². The van der Waals surface area contributed by atoms with E-state index < -0.39 is 12.1 Å². The Bertz CT molecular complexity index is 290. The molecule has 1 rings (SSSR count). The van der Waals surface area contributed by atoms with Crippen molar-refractivity contribution in [2.45, 2.75) is 19.4 Å². The first-order valence-electron chi connectivity index (χ1n) is 3.94. The number of ether oxygens (including phenoxy) is 1. The van der Waals surface area contributed by atoms with Gasteiger partial charge in [0.2, 0.25) is 0 Å². The molecule has 0 aromatic carbocycles. The Morgan fingerprint density at radius 2 is 2.38 bits per heavy atom. The minimum atomic E-state index is -0.916. The summed E-state index contributed by atoms with van der Waals surface area (Å²) in [6, 6.07) is 3.37. The maximum absolute atomic E-state index is 10.8. The van der Waals surface area contributed by atoms with Crippen molar-refractivity contribution in [1.29, 1.82) is 0 Å². The van der Waals surface area contributed by atoms with Gasteiger partial charge < -0.3 is 14.3 Å². The van der Waals surface area contributed by atoms with E-state index >= 15 is 0 Å². The first-order chi connectivity index (χ1) is 6.13. The summed E-state index contributed by atoms with van der Waals surface area (Å²) >= 11 is 0. The molecule has 0 radical (unpaired) electrons. The van der Waals surface area contributed by atoms with Gasteiger partial charge in [-0.05, 0) is 19.1 Å². The fourth-order valence-electron chi connectivity index (χ4n) is 0.974. The lowest BCUT2D eigenvalue weighted by Crippen LogP contribution is -2.07. The van der Waals surface area contributed by atoms with Gasteiger partial charge in [-0.15, -0.1) is 0 Å². The summed E-state index contributed by atoms with van der Waals surface area (Å²) in [7, 11) is 1.28. The molecular formula is C9H12O4. The van der Waals surface area contributed by atoms with E-state index in [9.17, 15) is 9.90 Å². The molecule has 0 aliphatic rings. The lowest BCUT2D eigenvalue weighted by Gasteiger charge is -2.04. The minimum absolute atomic E-state index is 0.0799. The highest BCUT2D eigenvalue weighted by atomic mass is 16.5. The van der Waals surface area contributed by atoms with Crippen LogP contribution in [0.2, 0.25) is 0 Å². The third-order valence-electron chi connectivity index (χ3n) is 1.68. The van der Waals surface area contributed by atoms with Gasteiger partial charge in [-0.1, -0.05) is 0 Å². The van der Waals surface area contributed by atoms with Crippen molar-refractivity contribution >= 4 is 5.97 Å². The topological polar surface area (TPSA) is 59.7 Å². The zero-order chi connectivity index (χ0) is 9.84. The summed E-state index contributed by atoms with van der Waals surface area (Å²) in [5.74, 6) is 0.642. The standard InChI is InChI=1S/C9H12O4/c1-6-3-4-8(13-6)7(10)5-9(11)12-2/h3-4,7,10H,5H2,1-2H3/t7-/m1/s1. The van der Waals surface area contributed by atoms with E-state index in [0.717, 1.165) is 0 Å².